The van der Waals surface area contributed by atoms with Crippen LogP contribution in [0.5, 0.6) is 0 Å². The number of carbonyl (C=O) groups excluding carboxylic acids is 1. The fourth-order valence-electron chi connectivity index (χ4n) is 2.67. The number of hydrogen-bond acceptors (Lipinski definition) is 4. The smallest absolute Gasteiger partial charge is 0.322 e. The maximum atomic E-state index is 12.5. The van der Waals surface area contributed by atoms with Gasteiger partial charge in [0.2, 0.25) is 0 Å². The van der Waals surface area contributed by atoms with Crippen LogP contribution in [0, 0.1) is 5.92 Å². The first kappa shape index (κ1) is 17.3. The molecule has 0 aliphatic carbocycles. The molecule has 0 bridgehead atoms. The van der Waals surface area contributed by atoms with Crippen molar-refractivity contribution >= 4 is 17.6 Å². The molecule has 0 radical (unpaired) electrons. The van der Waals surface area contributed by atoms with Crippen LogP contribution in [-0.4, -0.2) is 55.2 Å². The number of hydrogen-bond donors (Lipinski definition) is 2. The lowest BCUT2D eigenvalue weighted by molar-refractivity contribution is -0.134. The standard InChI is InChI=1S/C17H24N2O4/c1-19(8-5-13-6-9-23-10-7-13)17(22)14-3-2-4-15(11-14)18-12-16(20)21/h2-4,11,13,18H,5-10,12H2,1H3,(H,20,21). The normalized spacial score (nSPS) is 15.2. The van der Waals surface area contributed by atoms with Gasteiger partial charge in [-0.15, -0.1) is 0 Å². The lowest BCUT2D eigenvalue weighted by atomic mass is 9.96. The molecule has 0 atom stereocenters. The number of amides is 1. The van der Waals surface area contributed by atoms with Crippen LogP contribution in [0.15, 0.2) is 24.3 Å². The topological polar surface area (TPSA) is 78.9 Å². The van der Waals surface area contributed by atoms with Crippen molar-refractivity contribution in [1.82, 2.24) is 4.90 Å². The van der Waals surface area contributed by atoms with Crippen molar-refractivity contribution in [3.05, 3.63) is 29.8 Å². The Morgan fingerprint density at radius 1 is 1.35 bits per heavy atom. The molecule has 6 nitrogen and oxygen atoms in total. The van der Waals surface area contributed by atoms with Crippen LogP contribution in [0.4, 0.5) is 5.69 Å². The summed E-state index contributed by atoms with van der Waals surface area (Å²) in [6, 6.07) is 6.95. The van der Waals surface area contributed by atoms with Crippen LogP contribution in [0.1, 0.15) is 29.6 Å². The Morgan fingerprint density at radius 2 is 2.09 bits per heavy atom. The van der Waals surface area contributed by atoms with Gasteiger partial charge in [-0.3, -0.25) is 9.59 Å². The van der Waals surface area contributed by atoms with E-state index in [9.17, 15) is 9.59 Å². The molecule has 0 aromatic heterocycles. The summed E-state index contributed by atoms with van der Waals surface area (Å²) in [5, 5.41) is 11.5. The van der Waals surface area contributed by atoms with E-state index in [0.717, 1.165) is 39.0 Å². The van der Waals surface area contributed by atoms with Gasteiger partial charge in [-0.2, -0.15) is 0 Å². The molecular weight excluding hydrogens is 296 g/mol. The van der Waals surface area contributed by atoms with E-state index in [1.54, 1.807) is 36.2 Å². The Morgan fingerprint density at radius 3 is 2.78 bits per heavy atom. The van der Waals surface area contributed by atoms with Crippen molar-refractivity contribution in [3.8, 4) is 0 Å². The van der Waals surface area contributed by atoms with E-state index in [4.69, 9.17) is 9.84 Å². The van der Waals surface area contributed by atoms with Crippen molar-refractivity contribution in [2.24, 2.45) is 5.92 Å². The third kappa shape index (κ3) is 5.56. The fourth-order valence-corrected chi connectivity index (χ4v) is 2.67. The van der Waals surface area contributed by atoms with Crippen molar-refractivity contribution in [1.29, 1.82) is 0 Å². The highest BCUT2D eigenvalue weighted by atomic mass is 16.5. The SMILES string of the molecule is CN(CCC1CCOCC1)C(=O)c1cccc(NCC(=O)O)c1. The fraction of sp³-hybridized carbons (Fsp3) is 0.529. The number of rotatable bonds is 7. The van der Waals surface area contributed by atoms with E-state index in [0.29, 0.717) is 17.2 Å². The largest absolute Gasteiger partial charge is 0.480 e. The van der Waals surface area contributed by atoms with E-state index in [1.165, 1.54) is 0 Å². The number of carboxylic acid groups (broad SMARTS) is 1. The Hall–Kier alpha value is -2.08. The van der Waals surface area contributed by atoms with Crippen molar-refractivity contribution < 1.29 is 19.4 Å². The van der Waals surface area contributed by atoms with Gasteiger partial charge in [0.05, 0.1) is 0 Å². The zero-order valence-corrected chi connectivity index (χ0v) is 13.5. The number of nitrogens with zero attached hydrogens (tertiary/aromatic N) is 1. The van der Waals surface area contributed by atoms with Gasteiger partial charge < -0.3 is 20.1 Å². The van der Waals surface area contributed by atoms with Crippen LogP contribution in [0.25, 0.3) is 0 Å². The van der Waals surface area contributed by atoms with Gasteiger partial charge in [-0.1, -0.05) is 6.07 Å². The first-order valence-electron chi connectivity index (χ1n) is 7.95. The third-order valence-corrected chi connectivity index (χ3v) is 4.11. The molecule has 1 saturated heterocycles. The minimum Gasteiger partial charge on any atom is -0.480 e. The molecule has 6 heteroatoms. The molecular formula is C17H24N2O4. The van der Waals surface area contributed by atoms with E-state index >= 15 is 0 Å². The summed E-state index contributed by atoms with van der Waals surface area (Å²) in [5.74, 6) is -0.353. The van der Waals surface area contributed by atoms with Crippen LogP contribution in [-0.2, 0) is 9.53 Å². The lowest BCUT2D eigenvalue weighted by Crippen LogP contribution is -2.30. The van der Waals surface area contributed by atoms with Gasteiger partial charge in [-0.05, 0) is 43.4 Å². The van der Waals surface area contributed by atoms with Crippen molar-refractivity contribution in [3.63, 3.8) is 0 Å². The zero-order valence-electron chi connectivity index (χ0n) is 13.5. The second-order valence-electron chi connectivity index (χ2n) is 5.90. The molecule has 0 unspecified atom stereocenters. The van der Waals surface area contributed by atoms with Crippen LogP contribution >= 0.6 is 0 Å². The zero-order chi connectivity index (χ0) is 16.7. The molecule has 0 spiro atoms. The van der Waals surface area contributed by atoms with Crippen molar-refractivity contribution in [2.45, 2.75) is 19.3 Å². The highest BCUT2D eigenvalue weighted by molar-refractivity contribution is 5.95. The number of nitrogens with one attached hydrogen (secondary N) is 1. The molecule has 1 amide bonds. The number of ether oxygens (including phenoxy) is 1. The molecule has 1 fully saturated rings. The summed E-state index contributed by atoms with van der Waals surface area (Å²) in [7, 11) is 1.80. The highest BCUT2D eigenvalue weighted by Crippen LogP contribution is 2.19. The minimum atomic E-state index is -0.935. The third-order valence-electron chi connectivity index (χ3n) is 4.11. The quantitative estimate of drug-likeness (QED) is 0.804. The summed E-state index contributed by atoms with van der Waals surface area (Å²) in [5.41, 5.74) is 1.20. The minimum absolute atomic E-state index is 0.0453. The van der Waals surface area contributed by atoms with Gasteiger partial charge in [-0.25, -0.2) is 0 Å². The molecule has 2 rings (SSSR count). The van der Waals surface area contributed by atoms with Crippen LogP contribution in [0.2, 0.25) is 0 Å². The van der Waals surface area contributed by atoms with Crippen LogP contribution < -0.4 is 5.32 Å². The predicted molar refractivity (Wildman–Crippen MR) is 87.7 cm³/mol. The van der Waals surface area contributed by atoms with Gasteiger partial charge in [0.15, 0.2) is 0 Å². The molecule has 23 heavy (non-hydrogen) atoms. The number of carboxylic acids is 1. The predicted octanol–water partition coefficient (Wildman–Crippen LogP) is 2.07. The van der Waals surface area contributed by atoms with Gasteiger partial charge in [0.25, 0.3) is 5.91 Å². The average molecular weight is 320 g/mol. The first-order chi connectivity index (χ1) is 11.1. The summed E-state index contributed by atoms with van der Waals surface area (Å²) in [6.45, 7) is 2.19. The summed E-state index contributed by atoms with van der Waals surface area (Å²) < 4.78 is 5.35. The van der Waals surface area contributed by atoms with Crippen LogP contribution in [0.3, 0.4) is 0 Å². The van der Waals surface area contributed by atoms with Gasteiger partial charge in [0.1, 0.15) is 6.54 Å². The maximum Gasteiger partial charge on any atom is 0.322 e. The molecule has 1 aliphatic heterocycles. The van der Waals surface area contributed by atoms with Gasteiger partial charge >= 0.3 is 5.97 Å². The molecule has 2 N–H and O–H groups in total. The number of benzene rings is 1. The molecule has 1 aromatic rings. The second kappa shape index (κ2) is 8.53. The summed E-state index contributed by atoms with van der Waals surface area (Å²) in [4.78, 5) is 24.8. The Kier molecular flexibility index (Phi) is 6.40. The van der Waals surface area contributed by atoms with Crippen molar-refractivity contribution in [2.75, 3.05) is 38.7 Å². The summed E-state index contributed by atoms with van der Waals surface area (Å²) in [6.07, 6.45) is 3.12. The molecule has 0 saturated carbocycles. The van der Waals surface area contributed by atoms with E-state index in [-0.39, 0.29) is 12.5 Å². The number of carbonyl (C=O) groups is 2. The molecule has 1 aliphatic rings. The Labute approximate surface area is 136 Å². The first-order valence-corrected chi connectivity index (χ1v) is 7.95. The number of aliphatic carboxylic acids is 1. The lowest BCUT2D eigenvalue weighted by Gasteiger charge is -2.25. The van der Waals surface area contributed by atoms with E-state index in [2.05, 4.69) is 5.32 Å². The monoisotopic (exact) mass is 320 g/mol. The average Bonchev–Trinajstić information content (AvgIpc) is 2.58. The van der Waals surface area contributed by atoms with E-state index < -0.39 is 5.97 Å². The Bertz CT molecular complexity index is 541. The molecule has 1 aromatic carbocycles. The van der Waals surface area contributed by atoms with Gasteiger partial charge in [0, 0.05) is 38.1 Å². The number of anilines is 1. The summed E-state index contributed by atoms with van der Waals surface area (Å²) >= 11 is 0. The second-order valence-corrected chi connectivity index (χ2v) is 5.90. The Balaban J connectivity index is 1.87. The van der Waals surface area contributed by atoms with E-state index in [1.807, 2.05) is 0 Å². The highest BCUT2D eigenvalue weighted by Gasteiger charge is 2.17. The molecule has 126 valence electrons. The molecule has 1 heterocycles. The maximum absolute atomic E-state index is 12.5.